The number of aliphatic hydroxyl groups is 1. The molecule has 20 heavy (non-hydrogen) atoms. The van der Waals surface area contributed by atoms with Crippen molar-refractivity contribution in [2.45, 2.75) is 19.4 Å². The van der Waals surface area contributed by atoms with Crippen LogP contribution < -0.4 is 4.74 Å². The van der Waals surface area contributed by atoms with E-state index >= 15 is 0 Å². The Morgan fingerprint density at radius 2 is 1.90 bits per heavy atom. The lowest BCUT2D eigenvalue weighted by Crippen LogP contribution is -2.04. The van der Waals surface area contributed by atoms with Crippen molar-refractivity contribution in [1.29, 1.82) is 0 Å². The first-order chi connectivity index (χ1) is 9.56. The molecule has 1 atom stereocenters. The van der Waals surface area contributed by atoms with Crippen molar-refractivity contribution in [1.82, 2.24) is 0 Å². The molecule has 1 heterocycles. The Labute approximate surface area is 127 Å². The highest BCUT2D eigenvalue weighted by Gasteiger charge is 2.24. The van der Waals surface area contributed by atoms with E-state index in [1.807, 2.05) is 25.1 Å². The number of aliphatic hydroxyl groups excluding tert-OH is 1. The van der Waals surface area contributed by atoms with Crippen LogP contribution in [0.15, 0.2) is 30.3 Å². The zero-order chi connectivity index (χ0) is 14.3. The van der Waals surface area contributed by atoms with Crippen LogP contribution >= 0.6 is 23.2 Å². The Balaban J connectivity index is 2.09. The molecule has 1 N–H and O–H groups in total. The molecule has 2 aromatic rings. The Bertz CT molecular complexity index is 668. The van der Waals surface area contributed by atoms with Crippen molar-refractivity contribution in [3.63, 3.8) is 0 Å². The van der Waals surface area contributed by atoms with Crippen LogP contribution in [0.2, 0.25) is 10.0 Å². The number of halogens is 2. The van der Waals surface area contributed by atoms with Gasteiger partial charge in [-0.05, 0) is 47.9 Å². The molecular weight excluding hydrogens is 295 g/mol. The van der Waals surface area contributed by atoms with Crippen LogP contribution in [-0.4, -0.2) is 11.7 Å². The summed E-state index contributed by atoms with van der Waals surface area (Å²) in [5, 5.41) is 11.9. The van der Waals surface area contributed by atoms with Gasteiger partial charge in [-0.1, -0.05) is 29.3 Å². The summed E-state index contributed by atoms with van der Waals surface area (Å²) in [4.78, 5) is 0. The number of hydrogen-bond donors (Lipinski definition) is 1. The summed E-state index contributed by atoms with van der Waals surface area (Å²) >= 11 is 12.1. The van der Waals surface area contributed by atoms with E-state index < -0.39 is 6.10 Å². The third kappa shape index (κ3) is 2.39. The topological polar surface area (TPSA) is 29.5 Å². The number of benzene rings is 2. The lowest BCUT2D eigenvalue weighted by Gasteiger charge is -2.17. The minimum absolute atomic E-state index is 0.620. The number of rotatable bonds is 2. The van der Waals surface area contributed by atoms with E-state index in [4.69, 9.17) is 27.9 Å². The van der Waals surface area contributed by atoms with Gasteiger partial charge in [-0.15, -0.1) is 0 Å². The fourth-order valence-electron chi connectivity index (χ4n) is 2.61. The summed E-state index contributed by atoms with van der Waals surface area (Å²) in [6.07, 6.45) is 0.0627. The highest BCUT2D eigenvalue weighted by atomic mass is 35.5. The zero-order valence-electron chi connectivity index (χ0n) is 11.0. The van der Waals surface area contributed by atoms with E-state index in [0.29, 0.717) is 16.7 Å². The predicted molar refractivity (Wildman–Crippen MR) is 80.9 cm³/mol. The molecule has 4 heteroatoms. The van der Waals surface area contributed by atoms with Crippen LogP contribution in [0, 0.1) is 6.92 Å². The van der Waals surface area contributed by atoms with Crippen LogP contribution in [0.1, 0.15) is 28.4 Å². The monoisotopic (exact) mass is 308 g/mol. The molecule has 0 radical (unpaired) electrons. The molecule has 104 valence electrons. The van der Waals surface area contributed by atoms with Crippen molar-refractivity contribution in [2.75, 3.05) is 6.61 Å². The normalized spacial score (nSPS) is 14.8. The summed E-state index contributed by atoms with van der Waals surface area (Å²) < 4.78 is 5.65. The molecule has 1 unspecified atom stereocenters. The Morgan fingerprint density at radius 1 is 1.10 bits per heavy atom. The van der Waals surface area contributed by atoms with Gasteiger partial charge in [0.25, 0.3) is 0 Å². The maximum Gasteiger partial charge on any atom is 0.128 e. The fourth-order valence-corrected chi connectivity index (χ4v) is 3.09. The SMILES string of the molecule is Cc1cc(Cl)ccc1C(O)c1cc(Cl)cc2c1OCC2. The average Bonchev–Trinajstić information content (AvgIpc) is 2.85. The summed E-state index contributed by atoms with van der Waals surface area (Å²) in [7, 11) is 0. The number of aryl methyl sites for hydroxylation is 1. The molecule has 0 bridgehead atoms. The summed E-state index contributed by atoms with van der Waals surface area (Å²) in [6, 6.07) is 9.12. The zero-order valence-corrected chi connectivity index (χ0v) is 12.5. The van der Waals surface area contributed by atoms with Crippen LogP contribution in [-0.2, 0) is 6.42 Å². The molecule has 0 fully saturated rings. The summed E-state index contributed by atoms with van der Waals surface area (Å²) in [5.74, 6) is 0.760. The van der Waals surface area contributed by atoms with Crippen molar-refractivity contribution >= 4 is 23.2 Å². The van der Waals surface area contributed by atoms with Gasteiger partial charge in [0.15, 0.2) is 0 Å². The van der Waals surface area contributed by atoms with Gasteiger partial charge >= 0.3 is 0 Å². The van der Waals surface area contributed by atoms with Crippen molar-refractivity contribution < 1.29 is 9.84 Å². The van der Waals surface area contributed by atoms with Crippen LogP contribution in [0.25, 0.3) is 0 Å². The van der Waals surface area contributed by atoms with Gasteiger partial charge in [0.1, 0.15) is 11.9 Å². The maximum absolute atomic E-state index is 10.7. The van der Waals surface area contributed by atoms with Gasteiger partial charge in [0, 0.05) is 22.0 Å². The van der Waals surface area contributed by atoms with Crippen LogP contribution in [0.4, 0.5) is 0 Å². The third-order valence-corrected chi connectivity index (χ3v) is 4.05. The van der Waals surface area contributed by atoms with Crippen molar-refractivity contribution in [2.24, 2.45) is 0 Å². The predicted octanol–water partition coefficient (Wildman–Crippen LogP) is 4.32. The molecule has 0 amide bonds. The first kappa shape index (κ1) is 13.7. The molecule has 0 saturated carbocycles. The smallest absolute Gasteiger partial charge is 0.128 e. The highest BCUT2D eigenvalue weighted by molar-refractivity contribution is 6.31. The largest absolute Gasteiger partial charge is 0.493 e. The van der Waals surface area contributed by atoms with Crippen molar-refractivity contribution in [3.05, 3.63) is 62.6 Å². The minimum Gasteiger partial charge on any atom is -0.493 e. The van der Waals surface area contributed by atoms with Gasteiger partial charge in [-0.2, -0.15) is 0 Å². The van der Waals surface area contributed by atoms with E-state index in [1.54, 1.807) is 12.1 Å². The third-order valence-electron chi connectivity index (χ3n) is 3.60. The van der Waals surface area contributed by atoms with Gasteiger partial charge < -0.3 is 9.84 Å². The van der Waals surface area contributed by atoms with Gasteiger partial charge in [0.05, 0.1) is 6.61 Å². The molecule has 1 aliphatic rings. The van der Waals surface area contributed by atoms with E-state index in [1.165, 1.54) is 0 Å². The quantitative estimate of drug-likeness (QED) is 0.895. The lowest BCUT2D eigenvalue weighted by atomic mass is 9.95. The van der Waals surface area contributed by atoms with Crippen LogP contribution in [0.3, 0.4) is 0 Å². The Kier molecular flexibility index (Phi) is 3.63. The molecule has 0 saturated heterocycles. The Morgan fingerprint density at radius 3 is 2.65 bits per heavy atom. The molecule has 0 aliphatic carbocycles. The van der Waals surface area contributed by atoms with Gasteiger partial charge in [-0.3, -0.25) is 0 Å². The molecular formula is C16H14Cl2O2. The van der Waals surface area contributed by atoms with E-state index in [2.05, 4.69) is 0 Å². The highest BCUT2D eigenvalue weighted by Crippen LogP contribution is 2.39. The molecule has 0 aromatic heterocycles. The average molecular weight is 309 g/mol. The molecule has 3 rings (SSSR count). The molecule has 2 nitrogen and oxygen atoms in total. The second-order valence-corrected chi connectivity index (χ2v) is 5.86. The fraction of sp³-hybridized carbons (Fsp3) is 0.250. The van der Waals surface area contributed by atoms with Gasteiger partial charge in [-0.25, -0.2) is 0 Å². The number of hydrogen-bond acceptors (Lipinski definition) is 2. The molecule has 1 aliphatic heterocycles. The first-order valence-electron chi connectivity index (χ1n) is 6.45. The van der Waals surface area contributed by atoms with E-state index in [0.717, 1.165) is 34.4 Å². The second-order valence-electron chi connectivity index (χ2n) is 4.99. The second kappa shape index (κ2) is 5.28. The molecule has 0 spiro atoms. The number of ether oxygens (including phenoxy) is 1. The van der Waals surface area contributed by atoms with Gasteiger partial charge in [0.2, 0.25) is 0 Å². The standard InChI is InChI=1S/C16H14Cl2O2/c1-9-6-11(17)2-3-13(9)15(19)14-8-12(18)7-10-4-5-20-16(10)14/h2-3,6-8,15,19H,4-5H2,1H3. The van der Waals surface area contributed by atoms with E-state index in [9.17, 15) is 5.11 Å². The van der Waals surface area contributed by atoms with Crippen molar-refractivity contribution in [3.8, 4) is 5.75 Å². The van der Waals surface area contributed by atoms with Crippen LogP contribution in [0.5, 0.6) is 5.75 Å². The summed E-state index contributed by atoms with van der Waals surface area (Å²) in [6.45, 7) is 2.56. The first-order valence-corrected chi connectivity index (χ1v) is 7.21. The van der Waals surface area contributed by atoms with E-state index in [-0.39, 0.29) is 0 Å². The Hall–Kier alpha value is -1.22. The minimum atomic E-state index is -0.766. The lowest BCUT2D eigenvalue weighted by molar-refractivity contribution is 0.213. The number of fused-ring (bicyclic) bond motifs is 1. The maximum atomic E-state index is 10.7. The molecule has 2 aromatic carbocycles. The summed E-state index contributed by atoms with van der Waals surface area (Å²) in [5.41, 5.74) is 3.53.